The van der Waals surface area contributed by atoms with Crippen molar-refractivity contribution < 1.29 is 0 Å². The number of aromatic amines is 1. The van der Waals surface area contributed by atoms with Gasteiger partial charge in [0.2, 0.25) is 0 Å². The second-order valence-corrected chi connectivity index (χ2v) is 6.18. The Labute approximate surface area is 142 Å². The second-order valence-electron chi connectivity index (χ2n) is 6.18. The zero-order valence-electron chi connectivity index (χ0n) is 14.0. The van der Waals surface area contributed by atoms with E-state index in [0.717, 1.165) is 23.3 Å². The van der Waals surface area contributed by atoms with Gasteiger partial charge in [-0.1, -0.05) is 61.5 Å². The van der Waals surface area contributed by atoms with Gasteiger partial charge in [-0.15, -0.1) is 0 Å². The van der Waals surface area contributed by atoms with Gasteiger partial charge in [0.15, 0.2) is 0 Å². The largest absolute Gasteiger partial charge is 0.342 e. The van der Waals surface area contributed by atoms with E-state index in [1.165, 1.54) is 27.8 Å². The standard InChI is InChI=1S/C22H20N2/c1-3-16-4-6-17(7-5-16)18-8-10-19(11-9-18)20-12-13-21-22(14-20)24-15(2)23-21/h4-14H,3H2,1-2H3,(H,23,24). The van der Waals surface area contributed by atoms with Gasteiger partial charge >= 0.3 is 0 Å². The van der Waals surface area contributed by atoms with Crippen molar-refractivity contribution in [2.75, 3.05) is 0 Å². The summed E-state index contributed by atoms with van der Waals surface area (Å²) >= 11 is 0. The highest BCUT2D eigenvalue weighted by molar-refractivity contribution is 5.82. The van der Waals surface area contributed by atoms with Gasteiger partial charge in [0.25, 0.3) is 0 Å². The van der Waals surface area contributed by atoms with Crippen molar-refractivity contribution in [2.24, 2.45) is 0 Å². The fourth-order valence-electron chi connectivity index (χ4n) is 3.10. The van der Waals surface area contributed by atoms with Gasteiger partial charge in [0, 0.05) is 0 Å². The number of aryl methyl sites for hydroxylation is 2. The number of nitrogens with zero attached hydrogens (tertiary/aromatic N) is 1. The Morgan fingerprint density at radius 2 is 1.29 bits per heavy atom. The number of imidazole rings is 1. The van der Waals surface area contributed by atoms with E-state index in [-0.39, 0.29) is 0 Å². The molecule has 2 heteroatoms. The lowest BCUT2D eigenvalue weighted by Gasteiger charge is -2.06. The first-order valence-corrected chi connectivity index (χ1v) is 8.39. The first-order valence-electron chi connectivity index (χ1n) is 8.39. The molecule has 118 valence electrons. The number of H-pyrrole nitrogens is 1. The van der Waals surface area contributed by atoms with Crippen molar-refractivity contribution in [1.82, 2.24) is 9.97 Å². The van der Waals surface area contributed by atoms with Crippen LogP contribution in [-0.2, 0) is 6.42 Å². The Kier molecular flexibility index (Phi) is 3.66. The highest BCUT2D eigenvalue weighted by Gasteiger charge is 2.04. The number of rotatable bonds is 3. The molecule has 4 aromatic rings. The lowest BCUT2D eigenvalue weighted by molar-refractivity contribution is 1.14. The number of hydrogen-bond donors (Lipinski definition) is 1. The van der Waals surface area contributed by atoms with E-state index in [9.17, 15) is 0 Å². The quantitative estimate of drug-likeness (QED) is 0.511. The molecule has 1 heterocycles. The van der Waals surface area contributed by atoms with E-state index in [0.29, 0.717) is 0 Å². The van der Waals surface area contributed by atoms with E-state index < -0.39 is 0 Å². The van der Waals surface area contributed by atoms with Gasteiger partial charge in [-0.2, -0.15) is 0 Å². The summed E-state index contributed by atoms with van der Waals surface area (Å²) < 4.78 is 0. The smallest absolute Gasteiger partial charge is 0.104 e. The van der Waals surface area contributed by atoms with Crippen LogP contribution in [0.15, 0.2) is 66.7 Å². The van der Waals surface area contributed by atoms with Crippen LogP contribution in [0.2, 0.25) is 0 Å². The van der Waals surface area contributed by atoms with Crippen molar-refractivity contribution in [3.8, 4) is 22.3 Å². The second kappa shape index (κ2) is 5.97. The van der Waals surface area contributed by atoms with Gasteiger partial charge in [-0.05, 0) is 53.3 Å². The minimum Gasteiger partial charge on any atom is -0.342 e. The maximum Gasteiger partial charge on any atom is 0.104 e. The van der Waals surface area contributed by atoms with E-state index in [1.54, 1.807) is 0 Å². The summed E-state index contributed by atoms with van der Waals surface area (Å²) in [7, 11) is 0. The molecule has 2 nitrogen and oxygen atoms in total. The van der Waals surface area contributed by atoms with Gasteiger partial charge in [0.05, 0.1) is 11.0 Å². The summed E-state index contributed by atoms with van der Waals surface area (Å²) in [5.74, 6) is 0.952. The molecule has 1 aromatic heterocycles. The Hall–Kier alpha value is -2.87. The lowest BCUT2D eigenvalue weighted by Crippen LogP contribution is -1.83. The third-order valence-corrected chi connectivity index (χ3v) is 4.51. The van der Waals surface area contributed by atoms with Gasteiger partial charge in [-0.25, -0.2) is 4.98 Å². The van der Waals surface area contributed by atoms with Crippen molar-refractivity contribution >= 4 is 11.0 Å². The van der Waals surface area contributed by atoms with Crippen LogP contribution in [0.4, 0.5) is 0 Å². The third-order valence-electron chi connectivity index (χ3n) is 4.51. The molecular formula is C22H20N2. The minimum atomic E-state index is 0.952. The molecule has 3 aromatic carbocycles. The van der Waals surface area contributed by atoms with Gasteiger partial charge < -0.3 is 4.98 Å². The van der Waals surface area contributed by atoms with Crippen LogP contribution in [0.3, 0.4) is 0 Å². The molecule has 1 N–H and O–H groups in total. The average Bonchev–Trinajstić information content (AvgIpc) is 3.01. The molecule has 4 rings (SSSR count). The Balaban J connectivity index is 1.66. The molecule has 0 atom stereocenters. The van der Waals surface area contributed by atoms with E-state index in [1.807, 2.05) is 6.92 Å². The monoisotopic (exact) mass is 312 g/mol. The predicted octanol–water partition coefficient (Wildman–Crippen LogP) is 5.77. The van der Waals surface area contributed by atoms with Crippen LogP contribution in [0.1, 0.15) is 18.3 Å². The van der Waals surface area contributed by atoms with Crippen molar-refractivity contribution in [1.29, 1.82) is 0 Å². The van der Waals surface area contributed by atoms with Crippen LogP contribution in [0.25, 0.3) is 33.3 Å². The number of aromatic nitrogens is 2. The molecule has 0 unspecified atom stereocenters. The summed E-state index contributed by atoms with van der Waals surface area (Å²) in [6.45, 7) is 4.17. The maximum absolute atomic E-state index is 4.46. The third kappa shape index (κ3) is 2.71. The molecule has 0 bridgehead atoms. The highest BCUT2D eigenvalue weighted by atomic mass is 14.9. The summed E-state index contributed by atoms with van der Waals surface area (Å²) in [6, 6.07) is 24.0. The SMILES string of the molecule is CCc1ccc(-c2ccc(-c3ccc4nc(C)[nH]c4c3)cc2)cc1. The fraction of sp³-hybridized carbons (Fsp3) is 0.136. The molecule has 0 fully saturated rings. The van der Waals surface area contributed by atoms with Crippen LogP contribution in [0, 0.1) is 6.92 Å². The topological polar surface area (TPSA) is 28.7 Å². The lowest BCUT2D eigenvalue weighted by atomic mass is 9.99. The zero-order chi connectivity index (χ0) is 16.5. The van der Waals surface area contributed by atoms with Crippen molar-refractivity contribution in [2.45, 2.75) is 20.3 Å². The van der Waals surface area contributed by atoms with E-state index in [4.69, 9.17) is 0 Å². The van der Waals surface area contributed by atoms with Crippen molar-refractivity contribution in [3.05, 3.63) is 78.1 Å². The van der Waals surface area contributed by atoms with Crippen LogP contribution < -0.4 is 0 Å². The Morgan fingerprint density at radius 3 is 1.92 bits per heavy atom. The normalized spacial score (nSPS) is 11.1. The number of hydrogen-bond acceptors (Lipinski definition) is 1. The van der Waals surface area contributed by atoms with Crippen LogP contribution >= 0.6 is 0 Å². The molecule has 0 aliphatic rings. The molecular weight excluding hydrogens is 292 g/mol. The molecule has 0 radical (unpaired) electrons. The maximum atomic E-state index is 4.46. The molecule has 0 saturated heterocycles. The van der Waals surface area contributed by atoms with E-state index >= 15 is 0 Å². The Morgan fingerprint density at radius 1 is 0.750 bits per heavy atom. The number of fused-ring (bicyclic) bond motifs is 1. The van der Waals surface area contributed by atoms with Crippen molar-refractivity contribution in [3.63, 3.8) is 0 Å². The van der Waals surface area contributed by atoms with Gasteiger partial charge in [-0.3, -0.25) is 0 Å². The predicted molar refractivity (Wildman–Crippen MR) is 101 cm³/mol. The van der Waals surface area contributed by atoms with Crippen LogP contribution in [0.5, 0.6) is 0 Å². The molecule has 0 spiro atoms. The fourth-order valence-corrected chi connectivity index (χ4v) is 3.10. The molecule has 0 aliphatic heterocycles. The first-order chi connectivity index (χ1) is 11.7. The molecule has 0 saturated carbocycles. The summed E-state index contributed by atoms with van der Waals surface area (Å²) in [4.78, 5) is 7.77. The minimum absolute atomic E-state index is 0.952. The average molecular weight is 312 g/mol. The zero-order valence-corrected chi connectivity index (χ0v) is 14.0. The Bertz CT molecular complexity index is 977. The number of benzene rings is 3. The summed E-state index contributed by atoms with van der Waals surface area (Å²) in [5.41, 5.74) is 8.42. The highest BCUT2D eigenvalue weighted by Crippen LogP contribution is 2.27. The summed E-state index contributed by atoms with van der Waals surface area (Å²) in [5, 5.41) is 0. The van der Waals surface area contributed by atoms with E-state index in [2.05, 4.69) is 83.6 Å². The summed E-state index contributed by atoms with van der Waals surface area (Å²) in [6.07, 6.45) is 1.08. The molecule has 24 heavy (non-hydrogen) atoms. The molecule has 0 aliphatic carbocycles. The number of nitrogens with one attached hydrogen (secondary N) is 1. The van der Waals surface area contributed by atoms with Crippen LogP contribution in [-0.4, -0.2) is 9.97 Å². The molecule has 0 amide bonds. The van der Waals surface area contributed by atoms with Gasteiger partial charge in [0.1, 0.15) is 5.82 Å². The first kappa shape index (κ1) is 14.7.